The molecule has 1 fully saturated rings. The number of ether oxygens (including phenoxy) is 2. The van der Waals surface area contributed by atoms with Crippen LogP contribution in [0.2, 0.25) is 0 Å². The van der Waals surface area contributed by atoms with Gasteiger partial charge in [0.05, 0.1) is 43.4 Å². The van der Waals surface area contributed by atoms with Gasteiger partial charge in [0, 0.05) is 25.1 Å². The summed E-state index contributed by atoms with van der Waals surface area (Å²) in [4.78, 5) is 36.9. The highest BCUT2D eigenvalue weighted by molar-refractivity contribution is 6.04. The first-order valence-corrected chi connectivity index (χ1v) is 11.3. The van der Waals surface area contributed by atoms with Gasteiger partial charge in [-0.2, -0.15) is 0 Å². The Bertz CT molecular complexity index is 1460. The van der Waals surface area contributed by atoms with E-state index in [9.17, 15) is 9.59 Å². The van der Waals surface area contributed by atoms with E-state index in [1.54, 1.807) is 17.2 Å². The average molecular weight is 464 g/mol. The van der Waals surface area contributed by atoms with E-state index in [2.05, 4.69) is 4.98 Å². The highest BCUT2D eigenvalue weighted by Crippen LogP contribution is 2.40. The van der Waals surface area contributed by atoms with E-state index in [4.69, 9.17) is 23.3 Å². The molecular formula is C24H24N4O6. The first-order valence-electron chi connectivity index (χ1n) is 11.3. The van der Waals surface area contributed by atoms with E-state index >= 15 is 0 Å². The Balaban J connectivity index is 1.50. The van der Waals surface area contributed by atoms with Gasteiger partial charge in [-0.25, -0.2) is 9.97 Å². The van der Waals surface area contributed by atoms with Crippen molar-refractivity contribution in [3.05, 3.63) is 46.2 Å². The molecule has 4 aromatic rings. The molecule has 4 aromatic heterocycles. The fraction of sp³-hybridized carbons (Fsp3) is 0.417. The molecule has 2 aliphatic heterocycles. The molecule has 176 valence electrons. The van der Waals surface area contributed by atoms with Crippen LogP contribution in [0.3, 0.4) is 0 Å². The molecule has 1 amide bonds. The van der Waals surface area contributed by atoms with Crippen molar-refractivity contribution in [2.45, 2.75) is 39.0 Å². The summed E-state index contributed by atoms with van der Waals surface area (Å²) >= 11 is 0. The number of rotatable bonds is 3. The lowest BCUT2D eigenvalue weighted by Crippen LogP contribution is -2.43. The van der Waals surface area contributed by atoms with Crippen molar-refractivity contribution in [2.75, 3.05) is 26.3 Å². The summed E-state index contributed by atoms with van der Waals surface area (Å²) < 4.78 is 24.3. The number of amides is 1. The lowest BCUT2D eigenvalue weighted by molar-refractivity contribution is -0.135. The summed E-state index contributed by atoms with van der Waals surface area (Å²) in [5, 5.41) is 0.709. The van der Waals surface area contributed by atoms with E-state index in [0.717, 1.165) is 11.1 Å². The molecule has 0 unspecified atom stereocenters. The molecule has 6 heterocycles. The Hall–Kier alpha value is -3.50. The molecular weight excluding hydrogens is 440 g/mol. The van der Waals surface area contributed by atoms with Gasteiger partial charge in [-0.3, -0.25) is 14.2 Å². The normalized spacial score (nSPS) is 17.9. The standard InChI is InChI=1S/C24H24N4O6/c1-24(2)10-14-15(12-33-24)19(16-4-3-7-32-16)26-22-18(14)20-21(34-22)23(30)28(13-25-20)11-17(29)27-5-8-31-9-6-27/h3-4,7,13H,5-6,8-12H2,1-2H3. The van der Waals surface area contributed by atoms with Crippen molar-refractivity contribution < 1.29 is 23.1 Å². The van der Waals surface area contributed by atoms with Crippen molar-refractivity contribution in [2.24, 2.45) is 0 Å². The zero-order valence-corrected chi connectivity index (χ0v) is 19.0. The number of morpholine rings is 1. The molecule has 0 atom stereocenters. The monoisotopic (exact) mass is 464 g/mol. The topological polar surface area (TPSA) is 113 Å². The number of pyridine rings is 1. The van der Waals surface area contributed by atoms with Crippen molar-refractivity contribution in [1.29, 1.82) is 0 Å². The first kappa shape index (κ1) is 21.1. The van der Waals surface area contributed by atoms with Crippen LogP contribution in [0.25, 0.3) is 33.7 Å². The van der Waals surface area contributed by atoms with Crippen LogP contribution >= 0.6 is 0 Å². The summed E-state index contributed by atoms with van der Waals surface area (Å²) in [6.07, 6.45) is 3.60. The Kier molecular flexibility index (Phi) is 4.82. The number of furan rings is 2. The first-order chi connectivity index (χ1) is 16.4. The maximum atomic E-state index is 13.3. The van der Waals surface area contributed by atoms with Crippen LogP contribution in [0.4, 0.5) is 0 Å². The van der Waals surface area contributed by atoms with Crippen molar-refractivity contribution in [1.82, 2.24) is 19.4 Å². The smallest absolute Gasteiger partial charge is 0.297 e. The molecule has 0 saturated carbocycles. The van der Waals surface area contributed by atoms with Gasteiger partial charge in [0.25, 0.3) is 5.56 Å². The molecule has 0 aliphatic carbocycles. The largest absolute Gasteiger partial charge is 0.463 e. The average Bonchev–Trinajstić information content (AvgIpc) is 3.49. The number of carbonyl (C=O) groups is 1. The molecule has 0 bridgehead atoms. The van der Waals surface area contributed by atoms with Gasteiger partial charge in [-0.1, -0.05) is 0 Å². The molecule has 0 aromatic carbocycles. The molecule has 34 heavy (non-hydrogen) atoms. The van der Waals surface area contributed by atoms with Crippen LogP contribution in [0.1, 0.15) is 25.0 Å². The van der Waals surface area contributed by atoms with Crippen molar-refractivity contribution in [3.63, 3.8) is 0 Å². The van der Waals surface area contributed by atoms with Crippen LogP contribution in [-0.4, -0.2) is 57.2 Å². The van der Waals surface area contributed by atoms with Gasteiger partial charge in [0.15, 0.2) is 5.76 Å². The van der Waals surface area contributed by atoms with Crippen molar-refractivity contribution in [3.8, 4) is 11.5 Å². The highest BCUT2D eigenvalue weighted by atomic mass is 16.5. The Morgan fingerprint density at radius 1 is 1.21 bits per heavy atom. The number of carbonyl (C=O) groups excluding carboxylic acids is 1. The van der Waals surface area contributed by atoms with Crippen LogP contribution in [0.15, 0.2) is 38.4 Å². The van der Waals surface area contributed by atoms with Crippen LogP contribution in [-0.2, 0) is 33.8 Å². The molecule has 2 aliphatic rings. The zero-order chi connectivity index (χ0) is 23.4. The second-order valence-corrected chi connectivity index (χ2v) is 9.25. The lowest BCUT2D eigenvalue weighted by atomic mass is 9.89. The van der Waals surface area contributed by atoms with Crippen LogP contribution < -0.4 is 5.56 Å². The molecule has 0 N–H and O–H groups in total. The zero-order valence-electron chi connectivity index (χ0n) is 19.0. The van der Waals surface area contributed by atoms with E-state index in [0.29, 0.717) is 67.4 Å². The minimum absolute atomic E-state index is 0.0860. The third-order valence-corrected chi connectivity index (χ3v) is 6.44. The van der Waals surface area contributed by atoms with Crippen LogP contribution in [0, 0.1) is 0 Å². The van der Waals surface area contributed by atoms with Gasteiger partial charge in [-0.15, -0.1) is 0 Å². The maximum absolute atomic E-state index is 13.3. The highest BCUT2D eigenvalue weighted by Gasteiger charge is 2.33. The number of aromatic nitrogens is 3. The summed E-state index contributed by atoms with van der Waals surface area (Å²) in [7, 11) is 0. The number of nitrogens with zero attached hydrogens (tertiary/aromatic N) is 4. The maximum Gasteiger partial charge on any atom is 0.297 e. The summed E-state index contributed by atoms with van der Waals surface area (Å²) in [5.74, 6) is 0.445. The predicted octanol–water partition coefficient (Wildman–Crippen LogP) is 2.51. The van der Waals surface area contributed by atoms with Gasteiger partial charge in [-0.05, 0) is 31.5 Å². The predicted molar refractivity (Wildman–Crippen MR) is 121 cm³/mol. The van der Waals surface area contributed by atoms with E-state index in [-0.39, 0.29) is 18.0 Å². The molecule has 0 spiro atoms. The van der Waals surface area contributed by atoms with Gasteiger partial charge in [0.1, 0.15) is 17.8 Å². The third-order valence-electron chi connectivity index (χ3n) is 6.44. The third kappa shape index (κ3) is 3.41. The van der Waals surface area contributed by atoms with Gasteiger partial charge < -0.3 is 23.2 Å². The fourth-order valence-corrected chi connectivity index (χ4v) is 4.69. The minimum atomic E-state index is -0.413. The van der Waals surface area contributed by atoms with E-state index < -0.39 is 11.2 Å². The Labute approximate surface area is 194 Å². The Morgan fingerprint density at radius 3 is 2.79 bits per heavy atom. The SMILES string of the molecule is CC1(C)Cc2c(c(-c3ccco3)nc3oc4c(=O)n(CC(=O)N5CCOCC5)cnc4c23)CO1. The minimum Gasteiger partial charge on any atom is -0.463 e. The molecule has 10 nitrogen and oxygen atoms in total. The number of fused-ring (bicyclic) bond motifs is 5. The molecule has 0 radical (unpaired) electrons. The van der Waals surface area contributed by atoms with E-state index in [1.165, 1.54) is 10.9 Å². The lowest BCUT2D eigenvalue weighted by Gasteiger charge is -2.32. The van der Waals surface area contributed by atoms with Crippen LogP contribution in [0.5, 0.6) is 0 Å². The Morgan fingerprint density at radius 2 is 2.03 bits per heavy atom. The summed E-state index contributed by atoms with van der Waals surface area (Å²) in [6, 6.07) is 3.63. The quantitative estimate of drug-likeness (QED) is 0.455. The molecule has 1 saturated heterocycles. The summed E-state index contributed by atoms with van der Waals surface area (Å²) in [6.45, 7) is 6.31. The molecule has 6 rings (SSSR count). The molecule has 10 heteroatoms. The number of hydrogen-bond acceptors (Lipinski definition) is 8. The fourth-order valence-electron chi connectivity index (χ4n) is 4.69. The van der Waals surface area contributed by atoms with Gasteiger partial charge in [0.2, 0.25) is 17.2 Å². The number of hydrogen-bond donors (Lipinski definition) is 0. The second kappa shape index (κ2) is 7.78. The van der Waals surface area contributed by atoms with E-state index in [1.807, 2.05) is 19.9 Å². The van der Waals surface area contributed by atoms with Crippen molar-refractivity contribution >= 4 is 28.1 Å². The summed E-state index contributed by atoms with van der Waals surface area (Å²) in [5.41, 5.74) is 2.56. The second-order valence-electron chi connectivity index (χ2n) is 9.25. The van der Waals surface area contributed by atoms with Gasteiger partial charge >= 0.3 is 0 Å².